The van der Waals surface area contributed by atoms with Gasteiger partial charge >= 0.3 is 0 Å². The molecule has 2 unspecified atom stereocenters. The highest BCUT2D eigenvalue weighted by Crippen LogP contribution is 2.22. The molecule has 0 aliphatic carbocycles. The molecule has 2 aliphatic heterocycles. The van der Waals surface area contributed by atoms with Gasteiger partial charge in [-0.2, -0.15) is 0 Å². The largest absolute Gasteiger partial charge is 0.374 e. The molecule has 0 aromatic carbocycles. The van der Waals surface area contributed by atoms with Gasteiger partial charge in [-0.15, -0.1) is 6.42 Å². The zero-order valence-corrected chi connectivity index (χ0v) is 8.54. The molecule has 2 rings (SSSR count). The Balaban J connectivity index is 1.72. The maximum Gasteiger partial charge on any atom is 0.0827 e. The summed E-state index contributed by atoms with van der Waals surface area (Å²) in [6, 6.07) is 0.693. The lowest BCUT2D eigenvalue weighted by molar-refractivity contribution is -0.0465. The fraction of sp³-hybridized carbons (Fsp3) is 0.818. The monoisotopic (exact) mass is 194 g/mol. The Morgan fingerprint density at radius 3 is 3.36 bits per heavy atom. The summed E-state index contributed by atoms with van der Waals surface area (Å²) in [5, 5.41) is 3.20. The zero-order chi connectivity index (χ0) is 9.80. The van der Waals surface area contributed by atoms with Gasteiger partial charge in [0.15, 0.2) is 0 Å². The maximum absolute atomic E-state index is 5.77. The Bertz CT molecular complexity index is 224. The lowest BCUT2D eigenvalue weighted by atomic mass is 10.2. The number of hydrogen-bond donors (Lipinski definition) is 1. The maximum atomic E-state index is 5.77. The molecule has 2 fully saturated rings. The molecule has 3 nitrogen and oxygen atoms in total. The minimum atomic E-state index is 0.331. The van der Waals surface area contributed by atoms with Gasteiger partial charge in [0.2, 0.25) is 0 Å². The lowest BCUT2D eigenvalue weighted by Gasteiger charge is -2.35. The second-order valence-electron chi connectivity index (χ2n) is 4.08. The first kappa shape index (κ1) is 9.97. The van der Waals surface area contributed by atoms with Gasteiger partial charge in [-0.1, -0.05) is 5.92 Å². The minimum Gasteiger partial charge on any atom is -0.374 e. The van der Waals surface area contributed by atoms with E-state index in [4.69, 9.17) is 11.2 Å². The van der Waals surface area contributed by atoms with E-state index in [1.165, 1.54) is 19.4 Å². The third-order valence-corrected chi connectivity index (χ3v) is 3.06. The average Bonchev–Trinajstić information content (AvgIpc) is 2.65. The predicted octanol–water partition coefficient (Wildman–Crippen LogP) is 0.0724. The number of terminal acetylenes is 1. The van der Waals surface area contributed by atoms with Gasteiger partial charge in [-0.05, 0) is 19.4 Å². The summed E-state index contributed by atoms with van der Waals surface area (Å²) in [5.41, 5.74) is 0. The van der Waals surface area contributed by atoms with E-state index < -0.39 is 0 Å². The van der Waals surface area contributed by atoms with Crippen molar-refractivity contribution in [1.29, 1.82) is 0 Å². The van der Waals surface area contributed by atoms with E-state index in [9.17, 15) is 0 Å². The molecular weight excluding hydrogens is 176 g/mol. The topological polar surface area (TPSA) is 24.5 Å². The SMILES string of the molecule is C#CCNCC1CN2CCCC2CO1. The molecule has 0 spiro atoms. The van der Waals surface area contributed by atoms with E-state index in [0.29, 0.717) is 18.7 Å². The summed E-state index contributed by atoms with van der Waals surface area (Å²) in [4.78, 5) is 2.55. The average molecular weight is 194 g/mol. The van der Waals surface area contributed by atoms with E-state index in [1.807, 2.05) is 0 Å². The van der Waals surface area contributed by atoms with Crippen LogP contribution in [0.25, 0.3) is 0 Å². The number of morpholine rings is 1. The van der Waals surface area contributed by atoms with E-state index in [-0.39, 0.29) is 0 Å². The van der Waals surface area contributed by atoms with Crippen molar-refractivity contribution in [3.05, 3.63) is 0 Å². The normalized spacial score (nSPS) is 32.5. The van der Waals surface area contributed by atoms with Crippen molar-refractivity contribution in [3.8, 4) is 12.3 Å². The molecule has 0 aromatic rings. The predicted molar refractivity (Wildman–Crippen MR) is 56.0 cm³/mol. The first-order valence-electron chi connectivity index (χ1n) is 5.40. The van der Waals surface area contributed by atoms with Crippen LogP contribution in [0.2, 0.25) is 0 Å². The highest BCUT2D eigenvalue weighted by atomic mass is 16.5. The van der Waals surface area contributed by atoms with Crippen LogP contribution in [-0.2, 0) is 4.74 Å². The summed E-state index contributed by atoms with van der Waals surface area (Å²) in [6.07, 6.45) is 8.14. The van der Waals surface area contributed by atoms with Crippen molar-refractivity contribution in [2.24, 2.45) is 0 Å². The molecule has 0 bridgehead atoms. The van der Waals surface area contributed by atoms with Gasteiger partial charge in [-0.3, -0.25) is 4.90 Å². The van der Waals surface area contributed by atoms with Crippen molar-refractivity contribution in [1.82, 2.24) is 10.2 Å². The third-order valence-electron chi connectivity index (χ3n) is 3.06. The van der Waals surface area contributed by atoms with Crippen LogP contribution in [-0.4, -0.2) is 49.8 Å². The van der Waals surface area contributed by atoms with Gasteiger partial charge in [-0.25, -0.2) is 0 Å². The van der Waals surface area contributed by atoms with Crippen LogP contribution in [0.3, 0.4) is 0 Å². The molecule has 2 saturated heterocycles. The lowest BCUT2D eigenvalue weighted by Crippen LogP contribution is -2.49. The smallest absolute Gasteiger partial charge is 0.0827 e. The molecule has 78 valence electrons. The standard InChI is InChI=1S/C11H18N2O/c1-2-5-12-7-11-8-13-6-3-4-10(13)9-14-11/h1,10-12H,3-9H2. The second kappa shape index (κ2) is 4.79. The molecule has 14 heavy (non-hydrogen) atoms. The fourth-order valence-electron chi connectivity index (χ4n) is 2.31. The number of hydrogen-bond acceptors (Lipinski definition) is 3. The summed E-state index contributed by atoms with van der Waals surface area (Å²) >= 11 is 0. The molecule has 1 N–H and O–H groups in total. The van der Waals surface area contributed by atoms with Crippen LogP contribution in [0.5, 0.6) is 0 Å². The van der Waals surface area contributed by atoms with Gasteiger partial charge < -0.3 is 10.1 Å². The Kier molecular flexibility index (Phi) is 3.41. The number of fused-ring (bicyclic) bond motifs is 1. The van der Waals surface area contributed by atoms with Crippen LogP contribution in [0.4, 0.5) is 0 Å². The molecular formula is C11H18N2O. The molecule has 0 aromatic heterocycles. The molecule has 2 heterocycles. The van der Waals surface area contributed by atoms with Gasteiger partial charge in [0.25, 0.3) is 0 Å². The summed E-state index contributed by atoms with van der Waals surface area (Å²) in [6.45, 7) is 4.75. The van der Waals surface area contributed by atoms with Crippen LogP contribution < -0.4 is 5.32 Å². The van der Waals surface area contributed by atoms with Crippen LogP contribution in [0.15, 0.2) is 0 Å². The third kappa shape index (κ3) is 2.27. The summed E-state index contributed by atoms with van der Waals surface area (Å²) < 4.78 is 5.77. The first-order chi connectivity index (χ1) is 6.90. The molecule has 0 saturated carbocycles. The Morgan fingerprint density at radius 1 is 1.57 bits per heavy atom. The quantitative estimate of drug-likeness (QED) is 0.508. The van der Waals surface area contributed by atoms with Gasteiger partial charge in [0, 0.05) is 19.1 Å². The summed E-state index contributed by atoms with van der Waals surface area (Å²) in [5.74, 6) is 2.57. The first-order valence-corrected chi connectivity index (χ1v) is 5.40. The van der Waals surface area contributed by atoms with Crippen molar-refractivity contribution >= 4 is 0 Å². The van der Waals surface area contributed by atoms with E-state index in [0.717, 1.165) is 19.7 Å². The van der Waals surface area contributed by atoms with E-state index >= 15 is 0 Å². The van der Waals surface area contributed by atoms with Gasteiger partial charge in [0.05, 0.1) is 19.3 Å². The van der Waals surface area contributed by atoms with Crippen molar-refractivity contribution in [2.45, 2.75) is 25.0 Å². The Morgan fingerprint density at radius 2 is 2.50 bits per heavy atom. The molecule has 0 amide bonds. The van der Waals surface area contributed by atoms with Crippen molar-refractivity contribution in [2.75, 3.05) is 32.8 Å². The van der Waals surface area contributed by atoms with Gasteiger partial charge in [0.1, 0.15) is 0 Å². The Labute approximate surface area is 85.8 Å². The second-order valence-corrected chi connectivity index (χ2v) is 4.08. The molecule has 0 radical (unpaired) electrons. The van der Waals surface area contributed by atoms with Crippen molar-refractivity contribution in [3.63, 3.8) is 0 Å². The number of ether oxygens (including phenoxy) is 1. The Hall–Kier alpha value is -0.560. The zero-order valence-electron chi connectivity index (χ0n) is 8.54. The highest BCUT2D eigenvalue weighted by molar-refractivity contribution is 4.89. The fourth-order valence-corrected chi connectivity index (χ4v) is 2.31. The van der Waals surface area contributed by atoms with Crippen LogP contribution in [0.1, 0.15) is 12.8 Å². The van der Waals surface area contributed by atoms with E-state index in [2.05, 4.69) is 16.1 Å². The highest BCUT2D eigenvalue weighted by Gasteiger charge is 2.31. The minimum absolute atomic E-state index is 0.331. The molecule has 2 atom stereocenters. The molecule has 3 heteroatoms. The number of nitrogens with one attached hydrogen (secondary N) is 1. The number of rotatable bonds is 3. The number of nitrogens with zero attached hydrogens (tertiary/aromatic N) is 1. The van der Waals surface area contributed by atoms with E-state index in [1.54, 1.807) is 0 Å². The van der Waals surface area contributed by atoms with Crippen LogP contribution >= 0.6 is 0 Å². The van der Waals surface area contributed by atoms with Crippen molar-refractivity contribution < 1.29 is 4.74 Å². The summed E-state index contributed by atoms with van der Waals surface area (Å²) in [7, 11) is 0. The van der Waals surface area contributed by atoms with Crippen LogP contribution in [0, 0.1) is 12.3 Å². The molecule has 2 aliphatic rings.